The molecular weight excluding hydrogens is 327 g/mol. The molecule has 1 aromatic rings. The topological polar surface area (TPSA) is 78.4 Å². The maximum atomic E-state index is 11.8. The Kier molecular flexibility index (Phi) is 7.13. The molecular formula is C15H20Cl2N2O3. The Morgan fingerprint density at radius 3 is 2.55 bits per heavy atom. The number of halogens is 2. The molecule has 0 radical (unpaired) electrons. The summed E-state index contributed by atoms with van der Waals surface area (Å²) in [6.45, 7) is 4.30. The van der Waals surface area contributed by atoms with Crippen LogP contribution >= 0.6 is 23.2 Å². The van der Waals surface area contributed by atoms with Gasteiger partial charge >= 0.3 is 11.8 Å². The molecule has 0 saturated carbocycles. The molecule has 0 aliphatic heterocycles. The van der Waals surface area contributed by atoms with Crippen molar-refractivity contribution in [2.45, 2.75) is 26.7 Å². The van der Waals surface area contributed by atoms with Crippen molar-refractivity contribution >= 4 is 40.7 Å². The quantitative estimate of drug-likeness (QED) is 0.547. The van der Waals surface area contributed by atoms with Gasteiger partial charge in [0.25, 0.3) is 0 Å². The first kappa shape index (κ1) is 18.7. The summed E-state index contributed by atoms with van der Waals surface area (Å²) in [7, 11) is 0. The number of aliphatic hydroxyl groups is 1. The van der Waals surface area contributed by atoms with Gasteiger partial charge in [0.1, 0.15) is 0 Å². The van der Waals surface area contributed by atoms with Crippen LogP contribution in [0.5, 0.6) is 0 Å². The number of benzene rings is 1. The average molecular weight is 347 g/mol. The molecule has 122 valence electrons. The average Bonchev–Trinajstić information content (AvgIpc) is 2.47. The number of carbonyl (C=O) groups is 2. The first-order valence-corrected chi connectivity index (χ1v) is 7.66. The highest BCUT2D eigenvalue weighted by molar-refractivity contribution is 6.42. The molecule has 3 N–H and O–H groups in total. The normalized spacial score (nSPS) is 11.1. The molecule has 0 saturated heterocycles. The van der Waals surface area contributed by atoms with E-state index in [4.69, 9.17) is 28.3 Å². The third-order valence-corrected chi connectivity index (χ3v) is 3.69. The van der Waals surface area contributed by atoms with Gasteiger partial charge in [0.2, 0.25) is 0 Å². The Balaban J connectivity index is 2.43. The number of amides is 2. The fourth-order valence-corrected chi connectivity index (χ4v) is 2.04. The highest BCUT2D eigenvalue weighted by Gasteiger charge is 2.17. The van der Waals surface area contributed by atoms with Crippen LogP contribution in [-0.2, 0) is 9.59 Å². The standard InChI is InChI=1S/C15H20Cl2N2O3/c1-15(2,9-20)6-3-7-18-13(21)14(22)19-12-8-10(16)4-5-11(12)17/h4-5,8,20H,3,6-7,9H2,1-2H3,(H,18,21)(H,19,22). The Bertz CT molecular complexity index is 548. The molecule has 1 aromatic carbocycles. The van der Waals surface area contributed by atoms with Crippen molar-refractivity contribution in [2.75, 3.05) is 18.5 Å². The molecule has 2 amide bonds. The minimum absolute atomic E-state index is 0.0781. The predicted molar refractivity (Wildman–Crippen MR) is 88.2 cm³/mol. The van der Waals surface area contributed by atoms with Gasteiger partial charge in [-0.2, -0.15) is 0 Å². The molecule has 0 spiro atoms. The van der Waals surface area contributed by atoms with Crippen LogP contribution in [-0.4, -0.2) is 30.1 Å². The van der Waals surface area contributed by atoms with Crippen LogP contribution in [0.2, 0.25) is 10.0 Å². The first-order chi connectivity index (χ1) is 10.2. The fraction of sp³-hybridized carbons (Fsp3) is 0.467. The molecule has 0 aliphatic rings. The summed E-state index contributed by atoms with van der Waals surface area (Å²) in [6, 6.07) is 4.59. The summed E-state index contributed by atoms with van der Waals surface area (Å²) in [5.41, 5.74) is 0.0946. The number of hydrogen-bond acceptors (Lipinski definition) is 3. The lowest BCUT2D eigenvalue weighted by molar-refractivity contribution is -0.136. The highest BCUT2D eigenvalue weighted by atomic mass is 35.5. The summed E-state index contributed by atoms with van der Waals surface area (Å²) < 4.78 is 0. The van der Waals surface area contributed by atoms with Crippen LogP contribution in [0.25, 0.3) is 0 Å². The smallest absolute Gasteiger partial charge is 0.313 e. The fourth-order valence-electron chi connectivity index (χ4n) is 1.70. The molecule has 0 heterocycles. The van der Waals surface area contributed by atoms with Crippen molar-refractivity contribution in [1.82, 2.24) is 5.32 Å². The summed E-state index contributed by atoms with van der Waals surface area (Å²) in [5, 5.41) is 14.8. The number of aliphatic hydroxyl groups excluding tert-OH is 1. The van der Waals surface area contributed by atoms with E-state index in [0.29, 0.717) is 23.0 Å². The van der Waals surface area contributed by atoms with E-state index < -0.39 is 11.8 Å². The lowest BCUT2D eigenvalue weighted by Gasteiger charge is -2.21. The second-order valence-corrected chi connectivity index (χ2v) is 6.60. The van der Waals surface area contributed by atoms with Gasteiger partial charge in [-0.25, -0.2) is 0 Å². The molecule has 0 fully saturated rings. The molecule has 0 unspecified atom stereocenters. The molecule has 0 aliphatic carbocycles. The van der Waals surface area contributed by atoms with E-state index in [1.807, 2.05) is 13.8 Å². The van der Waals surface area contributed by atoms with Crippen molar-refractivity contribution < 1.29 is 14.7 Å². The van der Waals surface area contributed by atoms with Crippen LogP contribution in [0.15, 0.2) is 18.2 Å². The largest absolute Gasteiger partial charge is 0.396 e. The Labute approximate surface area is 140 Å². The minimum Gasteiger partial charge on any atom is -0.396 e. The van der Waals surface area contributed by atoms with Crippen molar-refractivity contribution in [3.8, 4) is 0 Å². The molecule has 0 bridgehead atoms. The zero-order valence-electron chi connectivity index (χ0n) is 12.6. The third kappa shape index (κ3) is 6.22. The summed E-state index contributed by atoms with van der Waals surface area (Å²) in [4.78, 5) is 23.4. The van der Waals surface area contributed by atoms with Crippen LogP contribution in [0.1, 0.15) is 26.7 Å². The molecule has 5 nitrogen and oxygen atoms in total. The van der Waals surface area contributed by atoms with Crippen molar-refractivity contribution in [1.29, 1.82) is 0 Å². The van der Waals surface area contributed by atoms with Crippen LogP contribution in [0.4, 0.5) is 5.69 Å². The van der Waals surface area contributed by atoms with Gasteiger partial charge in [-0.05, 0) is 36.5 Å². The maximum absolute atomic E-state index is 11.8. The summed E-state index contributed by atoms with van der Waals surface area (Å²) in [6.07, 6.45) is 1.41. The van der Waals surface area contributed by atoms with Gasteiger partial charge in [-0.3, -0.25) is 9.59 Å². The zero-order valence-corrected chi connectivity index (χ0v) is 14.1. The molecule has 1 rings (SSSR count). The van der Waals surface area contributed by atoms with Crippen molar-refractivity contribution in [3.05, 3.63) is 28.2 Å². The highest BCUT2D eigenvalue weighted by Crippen LogP contribution is 2.25. The lowest BCUT2D eigenvalue weighted by Crippen LogP contribution is -2.36. The number of nitrogens with one attached hydrogen (secondary N) is 2. The number of carbonyl (C=O) groups excluding carboxylic acids is 2. The zero-order chi connectivity index (χ0) is 16.8. The van der Waals surface area contributed by atoms with E-state index in [1.54, 1.807) is 6.07 Å². The number of hydrogen-bond donors (Lipinski definition) is 3. The van der Waals surface area contributed by atoms with Crippen LogP contribution < -0.4 is 10.6 Å². The summed E-state index contributed by atoms with van der Waals surface area (Å²) in [5.74, 6) is -1.54. The van der Waals surface area contributed by atoms with Crippen LogP contribution in [0.3, 0.4) is 0 Å². The first-order valence-electron chi connectivity index (χ1n) is 6.90. The monoisotopic (exact) mass is 346 g/mol. The number of anilines is 1. The molecule has 0 aromatic heterocycles. The van der Waals surface area contributed by atoms with E-state index in [2.05, 4.69) is 10.6 Å². The van der Waals surface area contributed by atoms with Gasteiger partial charge in [0.15, 0.2) is 0 Å². The van der Waals surface area contributed by atoms with Crippen LogP contribution in [0, 0.1) is 5.41 Å². The maximum Gasteiger partial charge on any atom is 0.313 e. The SMILES string of the molecule is CC(C)(CO)CCCNC(=O)C(=O)Nc1cc(Cl)ccc1Cl. The predicted octanol–water partition coefficient (Wildman–Crippen LogP) is 2.85. The molecule has 0 atom stereocenters. The number of rotatable bonds is 6. The van der Waals surface area contributed by atoms with Gasteiger partial charge in [0, 0.05) is 18.2 Å². The van der Waals surface area contributed by atoms with Crippen molar-refractivity contribution in [3.63, 3.8) is 0 Å². The van der Waals surface area contributed by atoms with E-state index in [-0.39, 0.29) is 17.7 Å². The Hall–Kier alpha value is -1.30. The van der Waals surface area contributed by atoms with Gasteiger partial charge in [-0.15, -0.1) is 0 Å². The summed E-state index contributed by atoms with van der Waals surface area (Å²) >= 11 is 11.7. The molecule has 22 heavy (non-hydrogen) atoms. The van der Waals surface area contributed by atoms with E-state index >= 15 is 0 Å². The Morgan fingerprint density at radius 2 is 1.91 bits per heavy atom. The third-order valence-electron chi connectivity index (χ3n) is 3.13. The van der Waals surface area contributed by atoms with Gasteiger partial charge in [0.05, 0.1) is 10.7 Å². The Morgan fingerprint density at radius 1 is 1.23 bits per heavy atom. The minimum atomic E-state index is -0.800. The molecule has 7 heteroatoms. The van der Waals surface area contributed by atoms with E-state index in [9.17, 15) is 9.59 Å². The van der Waals surface area contributed by atoms with Crippen molar-refractivity contribution in [2.24, 2.45) is 5.41 Å². The van der Waals surface area contributed by atoms with Gasteiger partial charge in [-0.1, -0.05) is 37.0 Å². The second kappa shape index (κ2) is 8.36. The second-order valence-electron chi connectivity index (χ2n) is 5.76. The van der Waals surface area contributed by atoms with E-state index in [1.165, 1.54) is 12.1 Å². The lowest BCUT2D eigenvalue weighted by atomic mass is 9.89. The van der Waals surface area contributed by atoms with Gasteiger partial charge < -0.3 is 15.7 Å². The van der Waals surface area contributed by atoms with E-state index in [0.717, 1.165) is 6.42 Å².